The van der Waals surface area contributed by atoms with Gasteiger partial charge < -0.3 is 14.0 Å². The lowest BCUT2D eigenvalue weighted by molar-refractivity contribution is 0.209. The van der Waals surface area contributed by atoms with Crippen molar-refractivity contribution in [1.82, 2.24) is 15.0 Å². The Kier molecular flexibility index (Phi) is 5.30. The molecule has 0 N–H and O–H groups in total. The summed E-state index contributed by atoms with van der Waals surface area (Å²) in [5.41, 5.74) is 3.34. The van der Waals surface area contributed by atoms with Crippen molar-refractivity contribution in [3.05, 3.63) is 59.5 Å². The topological polar surface area (TPSA) is 60.6 Å². The minimum atomic E-state index is 0.260. The summed E-state index contributed by atoms with van der Waals surface area (Å²) >= 11 is 0. The SMILES string of the molecule is COc1ccc([C@@H]2CCCN2Cc2nc(-c3ccc(C)cc3)no2)c(OC)c1. The summed E-state index contributed by atoms with van der Waals surface area (Å²) < 4.78 is 16.5. The normalized spacial score (nSPS) is 17.0. The standard InChI is InChI=1S/C22H25N3O3/c1-15-6-8-16(9-7-15)22-23-21(28-24-22)14-25-12-4-5-19(25)18-11-10-17(26-2)13-20(18)27-3/h6-11,13,19H,4-5,12,14H2,1-3H3/t19-/m0/s1. The fourth-order valence-electron chi connectivity index (χ4n) is 3.77. The van der Waals surface area contributed by atoms with E-state index in [1.807, 2.05) is 24.3 Å². The molecule has 1 aromatic heterocycles. The molecule has 4 rings (SSSR count). The van der Waals surface area contributed by atoms with Gasteiger partial charge in [0.05, 0.1) is 20.8 Å². The molecule has 0 saturated carbocycles. The Morgan fingerprint density at radius 3 is 2.68 bits per heavy atom. The first-order valence-corrected chi connectivity index (χ1v) is 9.53. The molecule has 6 nitrogen and oxygen atoms in total. The summed E-state index contributed by atoms with van der Waals surface area (Å²) in [6.45, 7) is 3.67. The second-order valence-corrected chi connectivity index (χ2v) is 7.11. The van der Waals surface area contributed by atoms with Crippen LogP contribution in [0.4, 0.5) is 0 Å². The number of rotatable bonds is 6. The summed E-state index contributed by atoms with van der Waals surface area (Å²) in [5.74, 6) is 2.91. The molecule has 3 aromatic rings. The Morgan fingerprint density at radius 1 is 1.11 bits per heavy atom. The largest absolute Gasteiger partial charge is 0.497 e. The van der Waals surface area contributed by atoms with Crippen LogP contribution in [0.3, 0.4) is 0 Å². The van der Waals surface area contributed by atoms with Crippen molar-refractivity contribution < 1.29 is 14.0 Å². The van der Waals surface area contributed by atoms with Gasteiger partial charge in [0.2, 0.25) is 11.7 Å². The van der Waals surface area contributed by atoms with E-state index in [1.165, 1.54) is 11.1 Å². The number of benzene rings is 2. The lowest BCUT2D eigenvalue weighted by Crippen LogP contribution is -2.23. The quantitative estimate of drug-likeness (QED) is 0.633. The predicted molar refractivity (Wildman–Crippen MR) is 106 cm³/mol. The lowest BCUT2D eigenvalue weighted by Gasteiger charge is -2.25. The van der Waals surface area contributed by atoms with E-state index in [0.717, 1.165) is 36.4 Å². The minimum absolute atomic E-state index is 0.260. The zero-order valence-electron chi connectivity index (χ0n) is 16.5. The van der Waals surface area contributed by atoms with E-state index in [2.05, 4.69) is 40.2 Å². The van der Waals surface area contributed by atoms with E-state index >= 15 is 0 Å². The van der Waals surface area contributed by atoms with Crippen molar-refractivity contribution in [2.45, 2.75) is 32.4 Å². The van der Waals surface area contributed by atoms with E-state index in [0.29, 0.717) is 18.3 Å². The molecule has 0 amide bonds. The van der Waals surface area contributed by atoms with Gasteiger partial charge in [-0.1, -0.05) is 41.1 Å². The monoisotopic (exact) mass is 379 g/mol. The van der Waals surface area contributed by atoms with E-state index < -0.39 is 0 Å². The van der Waals surface area contributed by atoms with Crippen LogP contribution in [0.1, 0.15) is 35.9 Å². The molecule has 1 fully saturated rings. The van der Waals surface area contributed by atoms with E-state index in [-0.39, 0.29) is 6.04 Å². The Labute approximate surface area is 165 Å². The third-order valence-corrected chi connectivity index (χ3v) is 5.28. The first kappa shape index (κ1) is 18.5. The number of aromatic nitrogens is 2. The van der Waals surface area contributed by atoms with Gasteiger partial charge in [0, 0.05) is 23.2 Å². The summed E-state index contributed by atoms with van der Waals surface area (Å²) in [4.78, 5) is 6.97. The first-order chi connectivity index (χ1) is 13.7. The highest BCUT2D eigenvalue weighted by atomic mass is 16.5. The summed E-state index contributed by atoms with van der Waals surface area (Å²) in [6.07, 6.45) is 2.19. The second-order valence-electron chi connectivity index (χ2n) is 7.11. The third kappa shape index (κ3) is 3.73. The van der Waals surface area contributed by atoms with Gasteiger partial charge in [-0.2, -0.15) is 4.98 Å². The molecule has 2 heterocycles. The van der Waals surface area contributed by atoms with E-state index in [4.69, 9.17) is 14.0 Å². The van der Waals surface area contributed by atoms with Crippen molar-refractivity contribution in [3.63, 3.8) is 0 Å². The Balaban J connectivity index is 1.53. The van der Waals surface area contributed by atoms with Gasteiger partial charge in [0.25, 0.3) is 0 Å². The van der Waals surface area contributed by atoms with Crippen molar-refractivity contribution in [3.8, 4) is 22.9 Å². The molecule has 1 atom stereocenters. The van der Waals surface area contributed by atoms with Crippen molar-refractivity contribution in [2.24, 2.45) is 0 Å². The Hall–Kier alpha value is -2.86. The molecule has 28 heavy (non-hydrogen) atoms. The number of ether oxygens (including phenoxy) is 2. The third-order valence-electron chi connectivity index (χ3n) is 5.28. The van der Waals surface area contributed by atoms with Crippen LogP contribution < -0.4 is 9.47 Å². The average molecular weight is 379 g/mol. The van der Waals surface area contributed by atoms with Crippen LogP contribution in [0, 0.1) is 6.92 Å². The zero-order chi connectivity index (χ0) is 19.5. The lowest BCUT2D eigenvalue weighted by atomic mass is 10.0. The second kappa shape index (κ2) is 8.02. The first-order valence-electron chi connectivity index (χ1n) is 9.53. The van der Waals surface area contributed by atoms with Crippen molar-refractivity contribution in [1.29, 1.82) is 0 Å². The van der Waals surface area contributed by atoms with Gasteiger partial charge in [0.1, 0.15) is 11.5 Å². The number of nitrogens with zero attached hydrogens (tertiary/aromatic N) is 3. The maximum atomic E-state index is 5.61. The molecule has 0 unspecified atom stereocenters. The summed E-state index contributed by atoms with van der Waals surface area (Å²) in [6, 6.07) is 14.4. The van der Waals surface area contributed by atoms with Gasteiger partial charge in [-0.25, -0.2) is 0 Å². The minimum Gasteiger partial charge on any atom is -0.497 e. The molecule has 146 valence electrons. The van der Waals surface area contributed by atoms with Crippen LogP contribution in [-0.4, -0.2) is 35.8 Å². The van der Waals surface area contributed by atoms with Gasteiger partial charge in [-0.15, -0.1) is 0 Å². The van der Waals surface area contributed by atoms with Crippen LogP contribution >= 0.6 is 0 Å². The fraction of sp³-hybridized carbons (Fsp3) is 0.364. The molecule has 0 aliphatic carbocycles. The highest BCUT2D eigenvalue weighted by molar-refractivity contribution is 5.54. The highest BCUT2D eigenvalue weighted by Gasteiger charge is 2.30. The molecule has 1 aliphatic heterocycles. The van der Waals surface area contributed by atoms with Crippen LogP contribution in [0.25, 0.3) is 11.4 Å². The van der Waals surface area contributed by atoms with E-state index in [1.54, 1.807) is 14.2 Å². The summed E-state index contributed by atoms with van der Waals surface area (Å²) in [7, 11) is 3.36. The predicted octanol–water partition coefficient (Wildman–Crippen LogP) is 4.40. The average Bonchev–Trinajstić information content (AvgIpc) is 3.38. The molecular weight excluding hydrogens is 354 g/mol. The number of hydrogen-bond acceptors (Lipinski definition) is 6. The molecular formula is C22H25N3O3. The number of methoxy groups -OCH3 is 2. The van der Waals surface area contributed by atoms with E-state index in [9.17, 15) is 0 Å². The number of hydrogen-bond donors (Lipinski definition) is 0. The molecule has 1 aliphatic rings. The van der Waals surface area contributed by atoms with Gasteiger partial charge in [-0.05, 0) is 32.4 Å². The molecule has 2 aromatic carbocycles. The zero-order valence-corrected chi connectivity index (χ0v) is 16.5. The van der Waals surface area contributed by atoms with Gasteiger partial charge in [0.15, 0.2) is 0 Å². The van der Waals surface area contributed by atoms with Crippen molar-refractivity contribution in [2.75, 3.05) is 20.8 Å². The molecule has 0 radical (unpaired) electrons. The Bertz CT molecular complexity index is 936. The molecule has 6 heteroatoms. The van der Waals surface area contributed by atoms with Crippen LogP contribution in [-0.2, 0) is 6.54 Å². The molecule has 0 spiro atoms. The maximum Gasteiger partial charge on any atom is 0.241 e. The van der Waals surface area contributed by atoms with Crippen molar-refractivity contribution >= 4 is 0 Å². The van der Waals surface area contributed by atoms with Gasteiger partial charge >= 0.3 is 0 Å². The highest BCUT2D eigenvalue weighted by Crippen LogP contribution is 2.39. The fourth-order valence-corrected chi connectivity index (χ4v) is 3.77. The van der Waals surface area contributed by atoms with Crippen LogP contribution in [0.5, 0.6) is 11.5 Å². The smallest absolute Gasteiger partial charge is 0.241 e. The van der Waals surface area contributed by atoms with Crippen LogP contribution in [0.15, 0.2) is 47.0 Å². The molecule has 1 saturated heterocycles. The Morgan fingerprint density at radius 2 is 1.93 bits per heavy atom. The number of likely N-dealkylation sites (tertiary alicyclic amines) is 1. The van der Waals surface area contributed by atoms with Crippen LogP contribution in [0.2, 0.25) is 0 Å². The van der Waals surface area contributed by atoms with Gasteiger partial charge in [-0.3, -0.25) is 4.90 Å². The maximum absolute atomic E-state index is 5.61. The summed E-state index contributed by atoms with van der Waals surface area (Å²) in [5, 5.41) is 4.16. The molecule has 0 bridgehead atoms. The number of aryl methyl sites for hydroxylation is 1.